The molecule has 12 heteroatoms. The van der Waals surface area contributed by atoms with Crippen LogP contribution in [0.1, 0.15) is 24.0 Å². The minimum Gasteiger partial charge on any atom is -0.497 e. The molecule has 2 N–H and O–H groups in total. The second-order valence-electron chi connectivity index (χ2n) is 9.93. The van der Waals surface area contributed by atoms with Crippen molar-refractivity contribution < 1.29 is 29.0 Å². The van der Waals surface area contributed by atoms with Gasteiger partial charge in [0.25, 0.3) is 0 Å². The van der Waals surface area contributed by atoms with Gasteiger partial charge in [-0.3, -0.25) is 14.4 Å². The van der Waals surface area contributed by atoms with Gasteiger partial charge in [-0.1, -0.05) is 54.6 Å². The maximum absolute atomic E-state index is 13.8. The van der Waals surface area contributed by atoms with Crippen molar-refractivity contribution in [2.45, 2.75) is 38.1 Å². The number of aliphatic carboxylic acids is 1. The number of urea groups is 1. The van der Waals surface area contributed by atoms with E-state index in [9.17, 15) is 24.3 Å². The highest BCUT2D eigenvalue weighted by Gasteiger charge is 2.51. The molecule has 0 aromatic heterocycles. The zero-order valence-corrected chi connectivity index (χ0v) is 23.2. The second-order valence-corrected chi connectivity index (χ2v) is 10.3. The van der Waals surface area contributed by atoms with Crippen molar-refractivity contribution in [1.82, 2.24) is 24.7 Å². The smallest absolute Gasteiger partial charge is 0.335 e. The van der Waals surface area contributed by atoms with Gasteiger partial charge in [0.05, 0.1) is 13.7 Å². The molecule has 3 aromatic rings. The fraction of sp³-hybridized carbons (Fsp3) is 0.310. The number of carboxylic acids is 1. The van der Waals surface area contributed by atoms with Crippen LogP contribution in [0.5, 0.6) is 5.75 Å². The molecule has 5 rings (SSSR count). The van der Waals surface area contributed by atoms with Crippen LogP contribution in [0, 0.1) is 0 Å². The number of amides is 4. The molecular weight excluding hydrogens is 550 g/mol. The SMILES string of the molecule is COc1ccc(CNC(=O)N2[C@H]3CN(Cc4cccc5ccccc45)C(=O)[C@H](CCC(=O)O)N3C(=O)CN2Cl)cc1. The number of halogens is 1. The molecule has 0 spiro atoms. The number of nitrogens with zero attached hydrogens (tertiary/aromatic N) is 4. The zero-order chi connectivity index (χ0) is 29.1. The fourth-order valence-corrected chi connectivity index (χ4v) is 5.67. The normalized spacial score (nSPS) is 19.3. The third-order valence-electron chi connectivity index (χ3n) is 7.39. The van der Waals surface area contributed by atoms with E-state index in [2.05, 4.69) is 5.32 Å². The van der Waals surface area contributed by atoms with E-state index in [-0.39, 0.29) is 44.9 Å². The van der Waals surface area contributed by atoms with Crippen LogP contribution in [0.25, 0.3) is 10.8 Å². The Hall–Kier alpha value is -4.35. The Balaban J connectivity index is 1.43. The van der Waals surface area contributed by atoms with Crippen molar-refractivity contribution in [1.29, 1.82) is 0 Å². The number of hydrazine groups is 1. The van der Waals surface area contributed by atoms with Crippen molar-refractivity contribution in [2.24, 2.45) is 0 Å². The number of hydrogen-bond acceptors (Lipinski definition) is 6. The number of ether oxygens (including phenoxy) is 1. The van der Waals surface area contributed by atoms with E-state index >= 15 is 0 Å². The number of rotatable bonds is 8. The number of methoxy groups -OCH3 is 1. The number of nitrogens with one attached hydrogen (secondary N) is 1. The number of benzene rings is 3. The van der Waals surface area contributed by atoms with E-state index in [0.29, 0.717) is 5.75 Å². The second kappa shape index (κ2) is 12.0. The molecule has 4 amide bonds. The molecule has 0 bridgehead atoms. The highest BCUT2D eigenvalue weighted by molar-refractivity contribution is 6.15. The molecule has 2 aliphatic rings. The molecule has 2 saturated heterocycles. The first-order valence-electron chi connectivity index (χ1n) is 13.2. The van der Waals surface area contributed by atoms with Crippen LogP contribution in [-0.2, 0) is 27.5 Å². The fourth-order valence-electron chi connectivity index (χ4n) is 5.40. The van der Waals surface area contributed by atoms with Crippen molar-refractivity contribution in [2.75, 3.05) is 20.2 Å². The Morgan fingerprint density at radius 1 is 1.05 bits per heavy atom. The van der Waals surface area contributed by atoms with E-state index in [1.165, 1.54) is 9.91 Å². The van der Waals surface area contributed by atoms with Gasteiger partial charge in [0, 0.05) is 31.3 Å². The number of carbonyl (C=O) groups is 4. The summed E-state index contributed by atoms with van der Waals surface area (Å²) in [6.45, 7) is 0.0441. The van der Waals surface area contributed by atoms with Crippen LogP contribution in [0.15, 0.2) is 66.7 Å². The van der Waals surface area contributed by atoms with Crippen molar-refractivity contribution in [3.63, 3.8) is 0 Å². The van der Waals surface area contributed by atoms with Gasteiger partial charge >= 0.3 is 12.0 Å². The summed E-state index contributed by atoms with van der Waals surface area (Å²) in [6, 6.07) is 19.2. The van der Waals surface area contributed by atoms with Gasteiger partial charge in [0.2, 0.25) is 11.8 Å². The average Bonchev–Trinajstić information content (AvgIpc) is 2.96. The maximum atomic E-state index is 13.8. The molecule has 2 heterocycles. The zero-order valence-electron chi connectivity index (χ0n) is 22.4. The van der Waals surface area contributed by atoms with Crippen LogP contribution in [0.4, 0.5) is 4.79 Å². The summed E-state index contributed by atoms with van der Waals surface area (Å²) in [4.78, 5) is 54.8. The van der Waals surface area contributed by atoms with Crippen LogP contribution < -0.4 is 10.1 Å². The summed E-state index contributed by atoms with van der Waals surface area (Å²) in [5.74, 6) is -1.23. The maximum Gasteiger partial charge on any atom is 0.335 e. The first-order chi connectivity index (χ1) is 19.8. The van der Waals surface area contributed by atoms with Crippen molar-refractivity contribution in [3.05, 3.63) is 77.9 Å². The average molecular weight is 580 g/mol. The highest BCUT2D eigenvalue weighted by atomic mass is 35.5. The van der Waals surface area contributed by atoms with Gasteiger partial charge in [-0.2, -0.15) is 0 Å². The molecule has 2 aliphatic heterocycles. The van der Waals surface area contributed by atoms with Crippen LogP contribution >= 0.6 is 11.8 Å². The Labute approximate surface area is 241 Å². The van der Waals surface area contributed by atoms with Crippen molar-refractivity contribution >= 4 is 46.4 Å². The van der Waals surface area contributed by atoms with E-state index < -0.39 is 30.1 Å². The molecule has 2 fully saturated rings. The number of carboxylic acid groups (broad SMARTS) is 1. The van der Waals surface area contributed by atoms with Crippen molar-refractivity contribution in [3.8, 4) is 5.75 Å². The minimum absolute atomic E-state index is 0.00343. The van der Waals surface area contributed by atoms with Crippen LogP contribution in [-0.4, -0.2) is 80.7 Å². The number of fused-ring (bicyclic) bond motifs is 2. The third-order valence-corrected chi connectivity index (χ3v) is 7.67. The standard InChI is InChI=1S/C29H30ClN5O6/c1-41-22-11-9-19(10-12-22)15-31-29(40)35-25-17-32(16-21-7-4-6-20-5-2-3-8-23(20)21)28(39)24(13-14-27(37)38)34(25)26(36)18-33(35)30/h2-12,24-25H,13-18H2,1H3,(H,31,40)(H,37,38)/t24-,25-/m0/s1. The van der Waals surface area contributed by atoms with E-state index in [1.807, 2.05) is 54.6 Å². The number of piperazine rings is 1. The van der Waals surface area contributed by atoms with Crippen LogP contribution in [0.2, 0.25) is 0 Å². The van der Waals surface area contributed by atoms with Gasteiger partial charge in [-0.25, -0.2) is 9.80 Å². The molecule has 0 saturated carbocycles. The summed E-state index contributed by atoms with van der Waals surface area (Å²) in [7, 11) is 1.57. The molecule has 3 aromatic carbocycles. The molecule has 11 nitrogen and oxygen atoms in total. The van der Waals surface area contributed by atoms with E-state index in [4.69, 9.17) is 16.5 Å². The predicted octanol–water partition coefficient (Wildman–Crippen LogP) is 3.17. The van der Waals surface area contributed by atoms with Crippen LogP contribution in [0.3, 0.4) is 0 Å². The first-order valence-corrected chi connectivity index (χ1v) is 13.5. The molecule has 2 atom stereocenters. The van der Waals surface area contributed by atoms with Gasteiger partial charge in [-0.15, -0.1) is 4.53 Å². The summed E-state index contributed by atoms with van der Waals surface area (Å²) in [6.07, 6.45) is -1.34. The Morgan fingerprint density at radius 2 is 1.78 bits per heavy atom. The van der Waals surface area contributed by atoms with E-state index in [1.54, 1.807) is 24.1 Å². The van der Waals surface area contributed by atoms with Gasteiger partial charge < -0.3 is 25.0 Å². The Bertz CT molecular complexity index is 1460. The predicted molar refractivity (Wildman–Crippen MR) is 150 cm³/mol. The van der Waals surface area contributed by atoms with Gasteiger partial charge in [0.15, 0.2) is 0 Å². The first kappa shape index (κ1) is 28.2. The monoisotopic (exact) mass is 579 g/mol. The molecule has 0 aliphatic carbocycles. The Kier molecular flexibility index (Phi) is 8.27. The van der Waals surface area contributed by atoms with Gasteiger partial charge in [-0.05, 0) is 40.5 Å². The number of carbonyl (C=O) groups excluding carboxylic acids is 3. The lowest BCUT2D eigenvalue weighted by Crippen LogP contribution is -2.75. The molecule has 214 valence electrons. The molecule has 41 heavy (non-hydrogen) atoms. The highest BCUT2D eigenvalue weighted by Crippen LogP contribution is 2.31. The molecular formula is C29H30ClN5O6. The summed E-state index contributed by atoms with van der Waals surface area (Å²) in [5.41, 5.74) is 1.71. The number of hydrogen-bond donors (Lipinski definition) is 2. The van der Waals surface area contributed by atoms with Gasteiger partial charge in [0.1, 0.15) is 24.5 Å². The lowest BCUT2D eigenvalue weighted by atomic mass is 10.00. The minimum atomic E-state index is -1.09. The summed E-state index contributed by atoms with van der Waals surface area (Å²) in [5, 5.41) is 15.4. The summed E-state index contributed by atoms with van der Waals surface area (Å²) < 4.78 is 6.20. The lowest BCUT2D eigenvalue weighted by molar-refractivity contribution is -0.181. The summed E-state index contributed by atoms with van der Waals surface area (Å²) >= 11 is 6.45. The Morgan fingerprint density at radius 3 is 2.51 bits per heavy atom. The lowest BCUT2D eigenvalue weighted by Gasteiger charge is -2.53. The molecule has 0 unspecified atom stereocenters. The molecule has 0 radical (unpaired) electrons. The van der Waals surface area contributed by atoms with E-state index in [0.717, 1.165) is 26.4 Å². The third kappa shape index (κ3) is 5.91. The quantitative estimate of drug-likeness (QED) is 0.393. The largest absolute Gasteiger partial charge is 0.497 e. The topological polar surface area (TPSA) is 123 Å².